The molecule has 0 saturated carbocycles. The molecule has 1 aliphatic heterocycles. The summed E-state index contributed by atoms with van der Waals surface area (Å²) < 4.78 is 28.6. The lowest BCUT2D eigenvalue weighted by atomic mass is 10.1. The van der Waals surface area contributed by atoms with Crippen molar-refractivity contribution in [1.82, 2.24) is 15.2 Å². The number of anilines is 2. The Kier molecular flexibility index (Phi) is 11.7. The van der Waals surface area contributed by atoms with Crippen molar-refractivity contribution in [3.63, 3.8) is 0 Å². The molecule has 1 aliphatic rings. The summed E-state index contributed by atoms with van der Waals surface area (Å²) in [6, 6.07) is 16.1. The van der Waals surface area contributed by atoms with Gasteiger partial charge in [0, 0.05) is 36.7 Å². The van der Waals surface area contributed by atoms with Crippen molar-refractivity contribution in [2.24, 2.45) is 0 Å². The molecule has 230 valence electrons. The standard InChI is InChI=1S/C32H41N5O5S/c1-2-3-4-5-6-7-21-36-24-31(39)37(32(36)40)28-14-16-29(17-15-28)43(41,42)35-27-12-10-25(11-13-27)18-20-34-23-30(38)26-9-8-19-33-22-26/h8-17,19,22,30,34-35,38H,2-7,18,20-21,23-24H2,1H3/t30-/m0/s1. The van der Waals surface area contributed by atoms with Crippen LogP contribution in [0.2, 0.25) is 0 Å². The Hall–Kier alpha value is -3.80. The second kappa shape index (κ2) is 15.6. The van der Waals surface area contributed by atoms with Gasteiger partial charge in [-0.2, -0.15) is 0 Å². The van der Waals surface area contributed by atoms with Gasteiger partial charge < -0.3 is 15.3 Å². The van der Waals surface area contributed by atoms with Crippen LogP contribution in [0.15, 0.2) is 78.0 Å². The Morgan fingerprint density at radius 1 is 0.953 bits per heavy atom. The maximum atomic E-state index is 13.0. The van der Waals surface area contributed by atoms with E-state index in [0.717, 1.165) is 35.3 Å². The van der Waals surface area contributed by atoms with Crippen molar-refractivity contribution in [3.05, 3.63) is 84.2 Å². The summed E-state index contributed by atoms with van der Waals surface area (Å²) in [5.74, 6) is -0.315. The summed E-state index contributed by atoms with van der Waals surface area (Å²) >= 11 is 0. The maximum Gasteiger partial charge on any atom is 0.331 e. The van der Waals surface area contributed by atoms with Crippen molar-refractivity contribution in [2.45, 2.75) is 62.9 Å². The van der Waals surface area contributed by atoms with E-state index in [1.807, 2.05) is 18.2 Å². The summed E-state index contributed by atoms with van der Waals surface area (Å²) in [5, 5.41) is 13.4. The molecule has 1 fully saturated rings. The van der Waals surface area contributed by atoms with Crippen molar-refractivity contribution in [3.8, 4) is 0 Å². The first-order chi connectivity index (χ1) is 20.8. The number of aromatic nitrogens is 1. The van der Waals surface area contributed by atoms with Gasteiger partial charge in [-0.1, -0.05) is 57.2 Å². The average molecular weight is 608 g/mol. The minimum absolute atomic E-state index is 0.0275. The number of benzene rings is 2. The van der Waals surface area contributed by atoms with Crippen LogP contribution in [-0.2, 0) is 21.2 Å². The Labute approximate surface area is 254 Å². The number of imide groups is 1. The van der Waals surface area contributed by atoms with Crippen LogP contribution in [-0.4, -0.2) is 61.5 Å². The molecule has 3 aromatic rings. The van der Waals surface area contributed by atoms with E-state index in [1.54, 1.807) is 35.5 Å². The molecule has 10 nitrogen and oxygen atoms in total. The monoisotopic (exact) mass is 607 g/mol. The number of urea groups is 1. The highest BCUT2D eigenvalue weighted by atomic mass is 32.2. The summed E-state index contributed by atoms with van der Waals surface area (Å²) in [6.45, 7) is 3.79. The number of carbonyl (C=O) groups is 2. The van der Waals surface area contributed by atoms with Crippen LogP contribution >= 0.6 is 0 Å². The van der Waals surface area contributed by atoms with E-state index in [9.17, 15) is 23.1 Å². The van der Waals surface area contributed by atoms with Crippen molar-refractivity contribution in [1.29, 1.82) is 0 Å². The number of nitrogens with one attached hydrogen (secondary N) is 2. The topological polar surface area (TPSA) is 132 Å². The molecule has 4 rings (SSSR count). The summed E-state index contributed by atoms with van der Waals surface area (Å²) in [7, 11) is -3.88. The first-order valence-corrected chi connectivity index (χ1v) is 16.4. The molecule has 3 amide bonds. The lowest BCUT2D eigenvalue weighted by Crippen LogP contribution is -2.33. The molecule has 3 N–H and O–H groups in total. The van der Waals surface area contributed by atoms with Gasteiger partial charge in [0.05, 0.1) is 16.7 Å². The van der Waals surface area contributed by atoms with Gasteiger partial charge in [-0.05, 0) is 67.4 Å². The number of pyridine rings is 1. The molecular formula is C32H41N5O5S. The number of nitrogens with zero attached hydrogens (tertiary/aromatic N) is 3. The number of rotatable bonds is 17. The molecule has 0 unspecified atom stereocenters. The van der Waals surface area contributed by atoms with Crippen molar-refractivity contribution >= 4 is 33.3 Å². The highest BCUT2D eigenvalue weighted by Crippen LogP contribution is 2.25. The zero-order valence-electron chi connectivity index (χ0n) is 24.6. The average Bonchev–Trinajstić information content (AvgIpc) is 3.30. The second-order valence-electron chi connectivity index (χ2n) is 10.8. The van der Waals surface area contributed by atoms with E-state index in [0.29, 0.717) is 37.4 Å². The molecular weight excluding hydrogens is 566 g/mol. The third kappa shape index (κ3) is 9.09. The van der Waals surface area contributed by atoms with E-state index in [-0.39, 0.29) is 23.4 Å². The van der Waals surface area contributed by atoms with Crippen LogP contribution < -0.4 is 14.9 Å². The van der Waals surface area contributed by atoms with Crippen LogP contribution in [0.3, 0.4) is 0 Å². The fourth-order valence-corrected chi connectivity index (χ4v) is 6.01. The van der Waals surface area contributed by atoms with E-state index >= 15 is 0 Å². The summed E-state index contributed by atoms with van der Waals surface area (Å²) in [4.78, 5) is 32.2. The Balaban J connectivity index is 1.25. The molecule has 2 aromatic carbocycles. The normalized spacial score (nSPS) is 14.4. The quantitative estimate of drug-likeness (QED) is 0.147. The molecule has 43 heavy (non-hydrogen) atoms. The van der Waals surface area contributed by atoms with E-state index in [4.69, 9.17) is 0 Å². The molecule has 1 saturated heterocycles. The van der Waals surface area contributed by atoms with E-state index in [2.05, 4.69) is 21.9 Å². The fraction of sp³-hybridized carbons (Fsp3) is 0.406. The molecule has 1 atom stereocenters. The predicted molar refractivity (Wildman–Crippen MR) is 167 cm³/mol. The predicted octanol–water partition coefficient (Wildman–Crippen LogP) is 4.88. The molecule has 0 aliphatic carbocycles. The first kappa shape index (κ1) is 32.1. The minimum atomic E-state index is -3.88. The van der Waals surface area contributed by atoms with Crippen LogP contribution in [0.1, 0.15) is 62.7 Å². The zero-order valence-corrected chi connectivity index (χ0v) is 25.4. The number of unbranched alkanes of at least 4 members (excludes halogenated alkanes) is 5. The first-order valence-electron chi connectivity index (χ1n) is 14.9. The number of hydrogen-bond acceptors (Lipinski definition) is 7. The van der Waals surface area contributed by atoms with Gasteiger partial charge in [0.2, 0.25) is 0 Å². The van der Waals surface area contributed by atoms with Gasteiger partial charge in [0.25, 0.3) is 15.9 Å². The minimum Gasteiger partial charge on any atom is -0.387 e. The zero-order chi connectivity index (χ0) is 30.7. The van der Waals surface area contributed by atoms with Crippen molar-refractivity contribution in [2.75, 3.05) is 35.8 Å². The fourth-order valence-electron chi connectivity index (χ4n) is 4.95. The van der Waals surface area contributed by atoms with Gasteiger partial charge >= 0.3 is 6.03 Å². The Morgan fingerprint density at radius 2 is 1.67 bits per heavy atom. The molecule has 0 radical (unpaired) electrons. The number of aliphatic hydroxyl groups excluding tert-OH is 1. The van der Waals surface area contributed by atoms with E-state index in [1.165, 1.54) is 43.5 Å². The summed E-state index contributed by atoms with van der Waals surface area (Å²) in [5.41, 5.74) is 2.54. The highest BCUT2D eigenvalue weighted by Gasteiger charge is 2.36. The molecule has 0 spiro atoms. The molecule has 0 bridgehead atoms. The number of carbonyl (C=O) groups excluding carboxylic acids is 2. The second-order valence-corrected chi connectivity index (χ2v) is 12.4. The van der Waals surface area contributed by atoms with Gasteiger partial charge in [-0.3, -0.25) is 14.5 Å². The van der Waals surface area contributed by atoms with Gasteiger partial charge in [-0.25, -0.2) is 18.1 Å². The highest BCUT2D eigenvalue weighted by molar-refractivity contribution is 7.92. The van der Waals surface area contributed by atoms with Crippen LogP contribution in [0.4, 0.5) is 16.2 Å². The number of aliphatic hydroxyl groups is 1. The smallest absolute Gasteiger partial charge is 0.331 e. The lowest BCUT2D eigenvalue weighted by molar-refractivity contribution is -0.116. The number of hydrogen-bond donors (Lipinski definition) is 3. The number of sulfonamides is 1. The third-order valence-electron chi connectivity index (χ3n) is 7.43. The lowest BCUT2D eigenvalue weighted by Gasteiger charge is -2.17. The SMILES string of the molecule is CCCCCCCCN1CC(=O)N(c2ccc(S(=O)(=O)Nc3ccc(CCNC[C@H](O)c4cccnc4)cc3)cc2)C1=O. The molecule has 2 heterocycles. The van der Waals surface area contributed by atoms with E-state index < -0.39 is 16.1 Å². The Morgan fingerprint density at radius 3 is 2.37 bits per heavy atom. The van der Waals surface area contributed by atoms with Crippen molar-refractivity contribution < 1.29 is 23.1 Å². The van der Waals surface area contributed by atoms with Gasteiger partial charge in [0.1, 0.15) is 6.54 Å². The van der Waals surface area contributed by atoms with Gasteiger partial charge in [0.15, 0.2) is 0 Å². The summed E-state index contributed by atoms with van der Waals surface area (Å²) in [6.07, 6.45) is 9.95. The number of amides is 3. The largest absolute Gasteiger partial charge is 0.387 e. The molecule has 11 heteroatoms. The molecule has 1 aromatic heterocycles. The Bertz CT molecular complexity index is 1430. The van der Waals surface area contributed by atoms with Crippen LogP contribution in [0.5, 0.6) is 0 Å². The van der Waals surface area contributed by atoms with Crippen LogP contribution in [0.25, 0.3) is 0 Å². The van der Waals surface area contributed by atoms with Gasteiger partial charge in [-0.15, -0.1) is 0 Å². The maximum absolute atomic E-state index is 13.0. The van der Waals surface area contributed by atoms with Crippen LogP contribution in [0, 0.1) is 0 Å². The third-order valence-corrected chi connectivity index (χ3v) is 8.82.